The van der Waals surface area contributed by atoms with E-state index in [0.717, 1.165) is 0 Å². The standard InChI is InChI=1S/C11H12O4S/c1-2-16(13,14)7-8-6-9-10(12)4-3-5-11(9)15-8/h3-6,12H,2,7H2,1H3. The van der Waals surface area contributed by atoms with E-state index < -0.39 is 9.84 Å². The number of fused-ring (bicyclic) bond motifs is 1. The monoisotopic (exact) mass is 240 g/mol. The molecule has 0 aliphatic carbocycles. The maximum Gasteiger partial charge on any atom is 0.157 e. The molecule has 0 saturated carbocycles. The lowest BCUT2D eigenvalue weighted by molar-refractivity contribution is 0.481. The molecule has 2 aromatic rings. The van der Waals surface area contributed by atoms with Crippen molar-refractivity contribution in [3.05, 3.63) is 30.0 Å². The Kier molecular flexibility index (Phi) is 2.63. The van der Waals surface area contributed by atoms with Gasteiger partial charge in [0.15, 0.2) is 9.84 Å². The fourth-order valence-corrected chi connectivity index (χ4v) is 2.27. The molecule has 1 heterocycles. The normalized spacial score (nSPS) is 12.1. The minimum absolute atomic E-state index is 0.0794. The van der Waals surface area contributed by atoms with Gasteiger partial charge in [0.1, 0.15) is 22.8 Å². The van der Waals surface area contributed by atoms with Gasteiger partial charge in [0.25, 0.3) is 0 Å². The summed E-state index contributed by atoms with van der Waals surface area (Å²) in [5, 5.41) is 10.1. The highest BCUT2D eigenvalue weighted by Gasteiger charge is 2.14. The first kappa shape index (κ1) is 11.0. The summed E-state index contributed by atoms with van der Waals surface area (Å²) in [5.41, 5.74) is 0.501. The molecule has 5 heteroatoms. The van der Waals surface area contributed by atoms with Crippen LogP contribution in [0.15, 0.2) is 28.7 Å². The highest BCUT2D eigenvalue weighted by Crippen LogP contribution is 2.28. The smallest absolute Gasteiger partial charge is 0.157 e. The lowest BCUT2D eigenvalue weighted by Crippen LogP contribution is -2.05. The first-order chi connectivity index (χ1) is 7.52. The van der Waals surface area contributed by atoms with Crippen LogP contribution in [0.4, 0.5) is 0 Å². The number of hydrogen-bond acceptors (Lipinski definition) is 4. The summed E-state index contributed by atoms with van der Waals surface area (Å²) < 4.78 is 28.2. The summed E-state index contributed by atoms with van der Waals surface area (Å²) in [7, 11) is -3.11. The summed E-state index contributed by atoms with van der Waals surface area (Å²) in [6.07, 6.45) is 0. The Morgan fingerprint density at radius 1 is 1.38 bits per heavy atom. The van der Waals surface area contributed by atoms with E-state index in [1.807, 2.05) is 0 Å². The van der Waals surface area contributed by atoms with E-state index in [1.165, 1.54) is 6.07 Å². The molecular formula is C11H12O4S. The van der Waals surface area contributed by atoms with Crippen LogP contribution in [-0.4, -0.2) is 19.3 Å². The van der Waals surface area contributed by atoms with Gasteiger partial charge in [-0.05, 0) is 18.2 Å². The number of benzene rings is 1. The molecule has 1 aromatic carbocycles. The van der Waals surface area contributed by atoms with Crippen LogP contribution >= 0.6 is 0 Å². The Balaban J connectivity index is 2.45. The van der Waals surface area contributed by atoms with E-state index in [9.17, 15) is 13.5 Å². The van der Waals surface area contributed by atoms with E-state index in [4.69, 9.17) is 4.42 Å². The third-order valence-electron chi connectivity index (χ3n) is 2.39. The summed E-state index contributed by atoms with van der Waals surface area (Å²) in [6, 6.07) is 6.45. The van der Waals surface area contributed by atoms with Crippen LogP contribution in [0.5, 0.6) is 5.75 Å². The summed E-state index contributed by atoms with van der Waals surface area (Å²) >= 11 is 0. The van der Waals surface area contributed by atoms with Gasteiger partial charge in [-0.1, -0.05) is 13.0 Å². The fourth-order valence-electron chi connectivity index (χ4n) is 1.49. The van der Waals surface area contributed by atoms with E-state index in [1.54, 1.807) is 25.1 Å². The van der Waals surface area contributed by atoms with Crippen LogP contribution in [0.3, 0.4) is 0 Å². The first-order valence-electron chi connectivity index (χ1n) is 4.92. The molecule has 1 N–H and O–H groups in total. The van der Waals surface area contributed by atoms with Gasteiger partial charge < -0.3 is 9.52 Å². The first-order valence-corrected chi connectivity index (χ1v) is 6.75. The van der Waals surface area contributed by atoms with Gasteiger partial charge >= 0.3 is 0 Å². The number of phenolic OH excluding ortho intramolecular Hbond substituents is 1. The Labute approximate surface area is 93.4 Å². The second-order valence-electron chi connectivity index (χ2n) is 3.58. The molecule has 2 rings (SSSR count). The van der Waals surface area contributed by atoms with Crippen molar-refractivity contribution < 1.29 is 17.9 Å². The number of sulfone groups is 1. The van der Waals surface area contributed by atoms with Crippen molar-refractivity contribution >= 4 is 20.8 Å². The molecule has 4 nitrogen and oxygen atoms in total. The van der Waals surface area contributed by atoms with Gasteiger partial charge in [0.2, 0.25) is 0 Å². The highest BCUT2D eigenvalue weighted by atomic mass is 32.2. The minimum atomic E-state index is -3.11. The largest absolute Gasteiger partial charge is 0.507 e. The van der Waals surface area contributed by atoms with E-state index in [2.05, 4.69) is 0 Å². The van der Waals surface area contributed by atoms with Crippen molar-refractivity contribution in [3.63, 3.8) is 0 Å². The molecule has 0 bridgehead atoms. The molecule has 0 aliphatic rings. The Morgan fingerprint density at radius 3 is 2.75 bits per heavy atom. The average molecular weight is 240 g/mol. The highest BCUT2D eigenvalue weighted by molar-refractivity contribution is 7.90. The predicted molar refractivity (Wildman–Crippen MR) is 61.0 cm³/mol. The molecule has 0 fully saturated rings. The zero-order valence-electron chi connectivity index (χ0n) is 8.80. The van der Waals surface area contributed by atoms with Crippen LogP contribution < -0.4 is 0 Å². The fraction of sp³-hybridized carbons (Fsp3) is 0.273. The molecule has 0 saturated heterocycles. The van der Waals surface area contributed by atoms with Crippen molar-refractivity contribution in [2.75, 3.05) is 5.75 Å². The zero-order chi connectivity index (χ0) is 11.8. The minimum Gasteiger partial charge on any atom is -0.507 e. The van der Waals surface area contributed by atoms with Crippen LogP contribution in [0.1, 0.15) is 12.7 Å². The molecule has 0 spiro atoms. The second kappa shape index (κ2) is 3.83. The molecule has 86 valence electrons. The molecule has 0 unspecified atom stereocenters. The molecule has 1 aromatic heterocycles. The predicted octanol–water partition coefficient (Wildman–Crippen LogP) is 2.07. The average Bonchev–Trinajstić information content (AvgIpc) is 2.61. The molecular weight excluding hydrogens is 228 g/mol. The summed E-state index contributed by atoms with van der Waals surface area (Å²) in [4.78, 5) is 0. The number of furan rings is 1. The molecule has 0 amide bonds. The Hall–Kier alpha value is -1.49. The van der Waals surface area contributed by atoms with Crippen LogP contribution in [-0.2, 0) is 15.6 Å². The topological polar surface area (TPSA) is 67.5 Å². The Morgan fingerprint density at radius 2 is 2.12 bits per heavy atom. The Bertz CT molecular complexity index is 610. The number of aromatic hydroxyl groups is 1. The van der Waals surface area contributed by atoms with Crippen molar-refractivity contribution in [2.45, 2.75) is 12.7 Å². The third-order valence-corrected chi connectivity index (χ3v) is 4.00. The van der Waals surface area contributed by atoms with Gasteiger partial charge in [0.05, 0.1) is 5.39 Å². The molecule has 16 heavy (non-hydrogen) atoms. The van der Waals surface area contributed by atoms with Crippen molar-refractivity contribution in [3.8, 4) is 5.75 Å². The van der Waals surface area contributed by atoms with Crippen LogP contribution in [0.2, 0.25) is 0 Å². The number of rotatable bonds is 3. The van der Waals surface area contributed by atoms with E-state index in [0.29, 0.717) is 16.7 Å². The molecule has 0 atom stereocenters. The summed E-state index contributed by atoms with van der Waals surface area (Å²) in [6.45, 7) is 1.59. The second-order valence-corrected chi connectivity index (χ2v) is 5.93. The van der Waals surface area contributed by atoms with Crippen molar-refractivity contribution in [2.24, 2.45) is 0 Å². The van der Waals surface area contributed by atoms with E-state index >= 15 is 0 Å². The van der Waals surface area contributed by atoms with Gasteiger partial charge in [-0.2, -0.15) is 0 Å². The van der Waals surface area contributed by atoms with Crippen LogP contribution in [0, 0.1) is 0 Å². The maximum absolute atomic E-state index is 11.4. The summed E-state index contributed by atoms with van der Waals surface area (Å²) in [5.74, 6) is 0.410. The van der Waals surface area contributed by atoms with Crippen molar-refractivity contribution in [1.82, 2.24) is 0 Å². The van der Waals surface area contributed by atoms with Gasteiger partial charge in [-0.3, -0.25) is 0 Å². The quantitative estimate of drug-likeness (QED) is 0.891. The maximum atomic E-state index is 11.4. The van der Waals surface area contributed by atoms with Crippen molar-refractivity contribution in [1.29, 1.82) is 0 Å². The number of phenols is 1. The van der Waals surface area contributed by atoms with E-state index in [-0.39, 0.29) is 17.3 Å². The van der Waals surface area contributed by atoms with Gasteiger partial charge in [0, 0.05) is 5.75 Å². The molecule has 0 aliphatic heterocycles. The third kappa shape index (κ3) is 2.04. The number of hydrogen-bond donors (Lipinski definition) is 1. The SMILES string of the molecule is CCS(=O)(=O)Cc1cc2c(O)cccc2o1. The zero-order valence-corrected chi connectivity index (χ0v) is 9.62. The lowest BCUT2D eigenvalue weighted by atomic mass is 10.2. The van der Waals surface area contributed by atoms with Gasteiger partial charge in [-0.25, -0.2) is 8.42 Å². The van der Waals surface area contributed by atoms with Gasteiger partial charge in [-0.15, -0.1) is 0 Å². The lowest BCUT2D eigenvalue weighted by Gasteiger charge is -1.95. The van der Waals surface area contributed by atoms with Crippen LogP contribution in [0.25, 0.3) is 11.0 Å². The molecule has 0 radical (unpaired) electrons.